The van der Waals surface area contributed by atoms with Gasteiger partial charge < -0.3 is 10.8 Å². The second-order valence-corrected chi connectivity index (χ2v) is 9.27. The first kappa shape index (κ1) is 18.4. The van der Waals surface area contributed by atoms with Crippen molar-refractivity contribution >= 4 is 52.3 Å². The van der Waals surface area contributed by atoms with Gasteiger partial charge >= 0.3 is 5.97 Å². The van der Waals surface area contributed by atoms with E-state index in [1.807, 2.05) is 0 Å². The van der Waals surface area contributed by atoms with Crippen molar-refractivity contribution in [2.75, 3.05) is 5.75 Å². The zero-order valence-corrected chi connectivity index (χ0v) is 16.4. The standard InChI is InChI=1S/C15H18N4O3S3/c1-15(2,3)11-12(17-18-25-11)24-5-6-4-7(23)10-8(16)13(20)19(10)9(6)14(21)22/h8,10H,4-5,16H2,1-3H3,(H,21,22)/t8-,10?/m1/s1. The van der Waals surface area contributed by atoms with Gasteiger partial charge in [0.15, 0.2) is 0 Å². The lowest BCUT2D eigenvalue weighted by Gasteiger charge is -2.48. The zero-order chi connectivity index (χ0) is 18.5. The van der Waals surface area contributed by atoms with Gasteiger partial charge in [0.25, 0.3) is 0 Å². The van der Waals surface area contributed by atoms with E-state index in [-0.39, 0.29) is 11.1 Å². The highest BCUT2D eigenvalue weighted by Gasteiger charge is 2.53. The molecule has 2 aliphatic heterocycles. The molecule has 0 radical (unpaired) electrons. The first-order valence-corrected chi connectivity index (χ1v) is 9.82. The van der Waals surface area contributed by atoms with E-state index in [1.54, 1.807) is 0 Å². The molecular formula is C15H18N4O3S3. The summed E-state index contributed by atoms with van der Waals surface area (Å²) >= 11 is 8.14. The van der Waals surface area contributed by atoms with E-state index >= 15 is 0 Å². The Bertz CT molecular complexity index is 796. The molecule has 3 heterocycles. The van der Waals surface area contributed by atoms with E-state index < -0.39 is 24.0 Å². The van der Waals surface area contributed by atoms with Crippen LogP contribution in [0.1, 0.15) is 32.1 Å². The molecule has 1 fully saturated rings. The normalized spacial score (nSPS) is 23.6. The number of carbonyl (C=O) groups is 2. The highest BCUT2D eigenvalue weighted by Crippen LogP contribution is 2.39. The topological polar surface area (TPSA) is 109 Å². The molecule has 2 aliphatic rings. The molecule has 0 aliphatic carbocycles. The van der Waals surface area contributed by atoms with Crippen LogP contribution in [-0.4, -0.2) is 54.2 Å². The smallest absolute Gasteiger partial charge is 0.352 e. The second kappa shape index (κ2) is 6.42. The van der Waals surface area contributed by atoms with Crippen molar-refractivity contribution in [1.29, 1.82) is 0 Å². The van der Waals surface area contributed by atoms with E-state index in [0.29, 0.717) is 22.6 Å². The molecule has 10 heteroatoms. The monoisotopic (exact) mass is 398 g/mol. The molecule has 1 aromatic heterocycles. The van der Waals surface area contributed by atoms with Crippen molar-refractivity contribution in [2.45, 2.75) is 49.7 Å². The number of nitrogens with two attached hydrogens (primary N) is 1. The number of hydrogen-bond acceptors (Lipinski definition) is 8. The van der Waals surface area contributed by atoms with Gasteiger partial charge in [-0.05, 0) is 17.1 Å². The molecule has 0 saturated carbocycles. The number of carbonyl (C=O) groups excluding carboxylic acids is 1. The predicted octanol–water partition coefficient (Wildman–Crippen LogP) is 1.58. The maximum absolute atomic E-state index is 12.0. The van der Waals surface area contributed by atoms with Crippen LogP contribution < -0.4 is 5.73 Å². The Labute approximate surface area is 158 Å². The molecule has 7 nitrogen and oxygen atoms in total. The van der Waals surface area contributed by atoms with Gasteiger partial charge in [-0.25, -0.2) is 4.79 Å². The number of β-lactam (4-membered cyclic amide) rings is 1. The lowest BCUT2D eigenvalue weighted by Crippen LogP contribution is -2.72. The van der Waals surface area contributed by atoms with Crippen LogP contribution in [0.15, 0.2) is 16.3 Å². The van der Waals surface area contributed by atoms with Gasteiger partial charge in [0, 0.05) is 22.5 Å². The van der Waals surface area contributed by atoms with Gasteiger partial charge in [-0.2, -0.15) is 0 Å². The Morgan fingerprint density at radius 2 is 2.20 bits per heavy atom. The summed E-state index contributed by atoms with van der Waals surface area (Å²) in [5.41, 5.74) is 6.32. The minimum Gasteiger partial charge on any atom is -0.477 e. The summed E-state index contributed by atoms with van der Waals surface area (Å²) in [7, 11) is 0. The third kappa shape index (κ3) is 3.12. The molecule has 134 valence electrons. The van der Waals surface area contributed by atoms with Crippen LogP contribution in [0.5, 0.6) is 0 Å². The number of aliphatic carboxylic acids is 1. The van der Waals surface area contributed by atoms with Crippen molar-refractivity contribution < 1.29 is 14.7 Å². The van der Waals surface area contributed by atoms with Crippen LogP contribution in [0.4, 0.5) is 0 Å². The second-order valence-electron chi connectivity index (χ2n) is 7.03. The maximum atomic E-state index is 12.0. The zero-order valence-electron chi connectivity index (χ0n) is 14.0. The predicted molar refractivity (Wildman–Crippen MR) is 99.8 cm³/mol. The third-order valence-corrected chi connectivity index (χ3v) is 6.88. The van der Waals surface area contributed by atoms with Crippen molar-refractivity contribution in [2.24, 2.45) is 5.73 Å². The fraction of sp³-hybridized carbons (Fsp3) is 0.533. The van der Waals surface area contributed by atoms with Gasteiger partial charge in [-0.1, -0.05) is 49.2 Å². The number of hydrogen-bond donors (Lipinski definition) is 2. The summed E-state index contributed by atoms with van der Waals surface area (Å²) in [5, 5.41) is 14.5. The highest BCUT2D eigenvalue weighted by molar-refractivity contribution is 7.99. The van der Waals surface area contributed by atoms with Crippen LogP contribution in [0.3, 0.4) is 0 Å². The van der Waals surface area contributed by atoms with E-state index in [4.69, 9.17) is 18.0 Å². The first-order valence-electron chi connectivity index (χ1n) is 7.65. The SMILES string of the molecule is CC(C)(C)c1snnc1SCC1=C(C(=O)O)N2C(=O)[C@H](N)C2C(=S)C1. The summed E-state index contributed by atoms with van der Waals surface area (Å²) in [6.07, 6.45) is 0.356. The fourth-order valence-electron chi connectivity index (χ4n) is 2.94. The Balaban J connectivity index is 1.88. The molecular weight excluding hydrogens is 380 g/mol. The molecule has 0 aromatic carbocycles. The molecule has 1 aromatic rings. The van der Waals surface area contributed by atoms with Gasteiger partial charge in [-0.3, -0.25) is 9.69 Å². The van der Waals surface area contributed by atoms with Crippen LogP contribution in [-0.2, 0) is 15.0 Å². The van der Waals surface area contributed by atoms with E-state index in [0.717, 1.165) is 9.90 Å². The minimum atomic E-state index is -1.13. The van der Waals surface area contributed by atoms with Gasteiger partial charge in [0.2, 0.25) is 5.91 Å². The van der Waals surface area contributed by atoms with E-state index in [1.165, 1.54) is 28.2 Å². The lowest BCUT2D eigenvalue weighted by molar-refractivity contribution is -0.148. The Hall–Kier alpha value is -1.36. The fourth-order valence-corrected chi connectivity index (χ4v) is 5.39. The quantitative estimate of drug-likeness (QED) is 0.447. The number of carboxylic acid groups (broad SMARTS) is 1. The number of carboxylic acids is 1. The average Bonchev–Trinajstić information content (AvgIpc) is 2.99. The summed E-state index contributed by atoms with van der Waals surface area (Å²) < 4.78 is 4.01. The number of nitrogens with zero attached hydrogens (tertiary/aromatic N) is 3. The number of thioether (sulfide) groups is 1. The summed E-state index contributed by atoms with van der Waals surface area (Å²) in [4.78, 5) is 26.7. The molecule has 1 unspecified atom stereocenters. The average molecular weight is 399 g/mol. The number of amides is 1. The number of rotatable bonds is 4. The molecule has 3 N–H and O–H groups in total. The Kier molecular flexibility index (Phi) is 4.73. The molecule has 1 saturated heterocycles. The van der Waals surface area contributed by atoms with Crippen molar-refractivity contribution in [3.63, 3.8) is 0 Å². The molecule has 3 rings (SSSR count). The van der Waals surface area contributed by atoms with Crippen LogP contribution in [0, 0.1) is 0 Å². The maximum Gasteiger partial charge on any atom is 0.352 e. The number of aromatic nitrogens is 2. The van der Waals surface area contributed by atoms with Crippen LogP contribution in [0.2, 0.25) is 0 Å². The van der Waals surface area contributed by atoms with Crippen molar-refractivity contribution in [1.82, 2.24) is 14.5 Å². The Morgan fingerprint density at radius 1 is 1.52 bits per heavy atom. The number of fused-ring (bicyclic) bond motifs is 1. The summed E-state index contributed by atoms with van der Waals surface area (Å²) in [6, 6.07) is -1.21. The number of thiocarbonyl (C=S) groups is 1. The van der Waals surface area contributed by atoms with Gasteiger partial charge in [0.05, 0.1) is 10.9 Å². The summed E-state index contributed by atoms with van der Waals surface area (Å²) in [6.45, 7) is 6.23. The van der Waals surface area contributed by atoms with Gasteiger partial charge in [0.1, 0.15) is 16.8 Å². The molecule has 1 amide bonds. The lowest BCUT2D eigenvalue weighted by atomic mass is 9.84. The van der Waals surface area contributed by atoms with E-state index in [2.05, 4.69) is 30.4 Å². The largest absolute Gasteiger partial charge is 0.477 e. The molecule has 0 spiro atoms. The van der Waals surface area contributed by atoms with Crippen molar-refractivity contribution in [3.8, 4) is 0 Å². The van der Waals surface area contributed by atoms with Crippen LogP contribution >= 0.6 is 35.5 Å². The van der Waals surface area contributed by atoms with Crippen LogP contribution in [0.25, 0.3) is 0 Å². The Morgan fingerprint density at radius 3 is 2.80 bits per heavy atom. The molecule has 25 heavy (non-hydrogen) atoms. The van der Waals surface area contributed by atoms with E-state index in [9.17, 15) is 14.7 Å². The highest BCUT2D eigenvalue weighted by atomic mass is 32.2. The van der Waals surface area contributed by atoms with Gasteiger partial charge in [-0.15, -0.1) is 5.10 Å². The molecule has 2 atom stereocenters. The molecule has 0 bridgehead atoms. The minimum absolute atomic E-state index is 0.0123. The first-order chi connectivity index (χ1) is 11.6. The van der Waals surface area contributed by atoms with Crippen molar-refractivity contribution in [3.05, 3.63) is 16.1 Å². The summed E-state index contributed by atoms with van der Waals surface area (Å²) in [5.74, 6) is -1.13. The third-order valence-electron chi connectivity index (χ3n) is 4.16.